The van der Waals surface area contributed by atoms with Crippen molar-refractivity contribution in [3.8, 4) is 5.75 Å². The summed E-state index contributed by atoms with van der Waals surface area (Å²) in [5.74, 6) is 2.19. The summed E-state index contributed by atoms with van der Waals surface area (Å²) in [5.41, 5.74) is 1.33. The second-order valence-electron chi connectivity index (χ2n) is 6.69. The quantitative estimate of drug-likeness (QED) is 0.690. The van der Waals surface area contributed by atoms with Gasteiger partial charge in [0.15, 0.2) is 0 Å². The summed E-state index contributed by atoms with van der Waals surface area (Å²) < 4.78 is 5.21. The number of carbonyl (C=O) groups excluding carboxylic acids is 1. The van der Waals surface area contributed by atoms with Gasteiger partial charge in [0.2, 0.25) is 5.91 Å². The van der Waals surface area contributed by atoms with Crippen molar-refractivity contribution in [2.75, 3.05) is 26.0 Å². The standard InChI is InChI=1S/C21H26N2O2S/c1-25-19-11-9-17(10-12-19)7-8-18-5-4-14-23(15-18)21(24)16-26-20-6-2-3-13-22-20/h2-3,6,9-13,18H,4-5,7-8,14-16H2,1H3. The minimum absolute atomic E-state index is 0.231. The highest BCUT2D eigenvalue weighted by atomic mass is 32.2. The second kappa shape index (κ2) is 9.62. The predicted octanol–water partition coefficient (Wildman–Crippen LogP) is 4.05. The molecule has 0 spiro atoms. The molecular formula is C21H26N2O2S. The number of carbonyl (C=O) groups is 1. The van der Waals surface area contributed by atoms with Gasteiger partial charge in [-0.1, -0.05) is 30.0 Å². The molecular weight excluding hydrogens is 344 g/mol. The summed E-state index contributed by atoms with van der Waals surface area (Å²) in [6.07, 6.45) is 6.27. The largest absolute Gasteiger partial charge is 0.497 e. The molecule has 1 atom stereocenters. The second-order valence-corrected chi connectivity index (χ2v) is 7.69. The first-order valence-electron chi connectivity index (χ1n) is 9.19. The van der Waals surface area contributed by atoms with Crippen LogP contribution < -0.4 is 4.74 Å². The molecule has 1 aromatic heterocycles. The Kier molecular flexibility index (Phi) is 6.95. The number of rotatable bonds is 7. The van der Waals surface area contributed by atoms with E-state index >= 15 is 0 Å². The van der Waals surface area contributed by atoms with Crippen LogP contribution >= 0.6 is 11.8 Å². The fourth-order valence-corrected chi connectivity index (χ4v) is 4.11. The highest BCUT2D eigenvalue weighted by Gasteiger charge is 2.23. The number of nitrogens with zero attached hydrogens (tertiary/aromatic N) is 2. The van der Waals surface area contributed by atoms with Crippen molar-refractivity contribution >= 4 is 17.7 Å². The highest BCUT2D eigenvalue weighted by Crippen LogP contribution is 2.24. The van der Waals surface area contributed by atoms with Gasteiger partial charge >= 0.3 is 0 Å². The third-order valence-corrected chi connectivity index (χ3v) is 5.78. The lowest BCUT2D eigenvalue weighted by Gasteiger charge is -2.33. The van der Waals surface area contributed by atoms with Crippen LogP contribution in [-0.2, 0) is 11.2 Å². The smallest absolute Gasteiger partial charge is 0.232 e. The van der Waals surface area contributed by atoms with Crippen LogP contribution in [-0.4, -0.2) is 41.7 Å². The molecule has 1 saturated heterocycles. The molecule has 3 rings (SSSR count). The lowest BCUT2D eigenvalue weighted by Crippen LogP contribution is -2.41. The van der Waals surface area contributed by atoms with E-state index in [0.717, 1.165) is 43.1 Å². The molecule has 2 aromatic rings. The van der Waals surface area contributed by atoms with Gasteiger partial charge in [-0.05, 0) is 61.4 Å². The van der Waals surface area contributed by atoms with Crippen molar-refractivity contribution in [1.29, 1.82) is 0 Å². The summed E-state index contributed by atoms with van der Waals surface area (Å²) >= 11 is 1.52. The number of ether oxygens (including phenoxy) is 1. The third kappa shape index (κ3) is 5.49. The zero-order valence-electron chi connectivity index (χ0n) is 15.3. The molecule has 0 saturated carbocycles. The zero-order chi connectivity index (χ0) is 18.2. The summed E-state index contributed by atoms with van der Waals surface area (Å²) in [6.45, 7) is 1.78. The lowest BCUT2D eigenvalue weighted by atomic mass is 9.91. The molecule has 26 heavy (non-hydrogen) atoms. The topological polar surface area (TPSA) is 42.4 Å². The maximum absolute atomic E-state index is 12.5. The zero-order valence-corrected chi connectivity index (χ0v) is 16.1. The highest BCUT2D eigenvalue weighted by molar-refractivity contribution is 7.99. The van der Waals surface area contributed by atoms with Crippen LogP contribution in [0, 0.1) is 5.92 Å². The Hall–Kier alpha value is -2.01. The first-order chi connectivity index (χ1) is 12.7. The average molecular weight is 371 g/mol. The molecule has 5 heteroatoms. The van der Waals surface area contributed by atoms with Gasteiger partial charge in [-0.2, -0.15) is 0 Å². The number of thioether (sulfide) groups is 1. The van der Waals surface area contributed by atoms with Gasteiger partial charge in [-0.3, -0.25) is 4.79 Å². The molecule has 1 aliphatic heterocycles. The van der Waals surface area contributed by atoms with E-state index in [9.17, 15) is 4.79 Å². The summed E-state index contributed by atoms with van der Waals surface area (Å²) in [7, 11) is 1.69. The van der Waals surface area contributed by atoms with Crippen LogP contribution in [0.25, 0.3) is 0 Å². The molecule has 4 nitrogen and oxygen atoms in total. The number of piperidine rings is 1. The Balaban J connectivity index is 1.44. The fraction of sp³-hybridized carbons (Fsp3) is 0.429. The van der Waals surface area contributed by atoms with Crippen LogP contribution in [0.15, 0.2) is 53.7 Å². The van der Waals surface area contributed by atoms with Crippen LogP contribution in [0.4, 0.5) is 0 Å². The molecule has 0 N–H and O–H groups in total. The molecule has 138 valence electrons. The number of benzene rings is 1. The van der Waals surface area contributed by atoms with E-state index in [1.807, 2.05) is 35.2 Å². The number of methoxy groups -OCH3 is 1. The van der Waals surface area contributed by atoms with Gasteiger partial charge < -0.3 is 9.64 Å². The van der Waals surface area contributed by atoms with Crippen LogP contribution in [0.2, 0.25) is 0 Å². The molecule has 1 aromatic carbocycles. The van der Waals surface area contributed by atoms with Crippen LogP contribution in [0.1, 0.15) is 24.8 Å². The summed E-state index contributed by atoms with van der Waals surface area (Å²) in [4.78, 5) is 18.8. The van der Waals surface area contributed by atoms with Crippen molar-refractivity contribution in [1.82, 2.24) is 9.88 Å². The molecule has 1 aliphatic rings. The Bertz CT molecular complexity index is 691. The van der Waals surface area contributed by atoms with Crippen LogP contribution in [0.3, 0.4) is 0 Å². The Morgan fingerprint density at radius 1 is 1.27 bits per heavy atom. The minimum Gasteiger partial charge on any atom is -0.497 e. The van der Waals surface area contributed by atoms with Crippen molar-refractivity contribution in [3.63, 3.8) is 0 Å². The number of pyridine rings is 1. The predicted molar refractivity (Wildman–Crippen MR) is 106 cm³/mol. The van der Waals surface area contributed by atoms with E-state index in [-0.39, 0.29) is 5.91 Å². The Morgan fingerprint density at radius 2 is 2.12 bits per heavy atom. The Labute approximate surface area is 160 Å². The van der Waals surface area contributed by atoms with Gasteiger partial charge in [0.1, 0.15) is 5.75 Å². The molecule has 2 heterocycles. The fourth-order valence-electron chi connectivity index (χ4n) is 3.35. The number of amides is 1. The number of hydrogen-bond donors (Lipinski definition) is 0. The first-order valence-corrected chi connectivity index (χ1v) is 10.2. The van der Waals surface area contributed by atoms with Crippen molar-refractivity contribution in [2.24, 2.45) is 5.92 Å². The molecule has 0 bridgehead atoms. The summed E-state index contributed by atoms with van der Waals surface area (Å²) in [5, 5.41) is 0.911. The number of hydrogen-bond acceptors (Lipinski definition) is 4. The van der Waals surface area contributed by atoms with Crippen molar-refractivity contribution in [3.05, 3.63) is 54.2 Å². The van der Waals surface area contributed by atoms with E-state index in [1.54, 1.807) is 13.3 Å². The van der Waals surface area contributed by atoms with E-state index in [1.165, 1.54) is 23.7 Å². The van der Waals surface area contributed by atoms with E-state index in [4.69, 9.17) is 4.74 Å². The van der Waals surface area contributed by atoms with Crippen molar-refractivity contribution < 1.29 is 9.53 Å². The number of likely N-dealkylation sites (tertiary alicyclic amines) is 1. The maximum Gasteiger partial charge on any atom is 0.232 e. The molecule has 1 unspecified atom stereocenters. The average Bonchev–Trinajstić information content (AvgIpc) is 2.72. The van der Waals surface area contributed by atoms with Gasteiger partial charge in [0.25, 0.3) is 0 Å². The molecule has 1 amide bonds. The van der Waals surface area contributed by atoms with E-state index in [0.29, 0.717) is 11.7 Å². The SMILES string of the molecule is COc1ccc(CCC2CCCN(C(=O)CSc3ccccn3)C2)cc1. The van der Waals surface area contributed by atoms with Gasteiger partial charge in [0.05, 0.1) is 17.9 Å². The van der Waals surface area contributed by atoms with Gasteiger partial charge in [-0.15, -0.1) is 0 Å². The molecule has 1 fully saturated rings. The molecule has 0 aliphatic carbocycles. The monoisotopic (exact) mass is 370 g/mol. The Morgan fingerprint density at radius 3 is 2.85 bits per heavy atom. The maximum atomic E-state index is 12.5. The first kappa shape index (κ1) is 18.8. The minimum atomic E-state index is 0.231. The molecule has 0 radical (unpaired) electrons. The van der Waals surface area contributed by atoms with Crippen molar-refractivity contribution in [2.45, 2.75) is 30.7 Å². The van der Waals surface area contributed by atoms with Gasteiger partial charge in [0, 0.05) is 19.3 Å². The summed E-state index contributed by atoms with van der Waals surface area (Å²) in [6, 6.07) is 14.1. The van der Waals surface area contributed by atoms with E-state index < -0.39 is 0 Å². The third-order valence-electron chi connectivity index (χ3n) is 4.85. The van der Waals surface area contributed by atoms with E-state index in [2.05, 4.69) is 17.1 Å². The number of aromatic nitrogens is 1. The van der Waals surface area contributed by atoms with Gasteiger partial charge in [-0.25, -0.2) is 4.98 Å². The van der Waals surface area contributed by atoms with Crippen LogP contribution in [0.5, 0.6) is 5.75 Å². The number of aryl methyl sites for hydroxylation is 1. The lowest BCUT2D eigenvalue weighted by molar-refractivity contribution is -0.130. The normalized spacial score (nSPS) is 17.1.